The number of hydrogen-bond donors (Lipinski definition) is 2. The highest BCUT2D eigenvalue weighted by Crippen LogP contribution is 2.09. The normalized spacial score (nSPS) is 13.0. The molecule has 0 spiro atoms. The Balaban J connectivity index is 1.94. The van der Waals surface area contributed by atoms with E-state index in [1.54, 1.807) is 7.05 Å². The Morgan fingerprint density at radius 3 is 2.41 bits per heavy atom. The molecule has 148 valence electrons. The summed E-state index contributed by atoms with van der Waals surface area (Å²) in [4.78, 5) is 11.2. The van der Waals surface area contributed by atoms with Crippen molar-refractivity contribution in [3.63, 3.8) is 0 Å². The molecule has 0 amide bonds. The van der Waals surface area contributed by atoms with Crippen LogP contribution in [0.3, 0.4) is 0 Å². The monoisotopic (exact) mass is 371 g/mol. The van der Waals surface area contributed by atoms with Gasteiger partial charge in [-0.3, -0.25) is 9.89 Å². The third-order valence-corrected chi connectivity index (χ3v) is 4.85. The van der Waals surface area contributed by atoms with Crippen molar-refractivity contribution in [3.8, 4) is 0 Å². The summed E-state index contributed by atoms with van der Waals surface area (Å²) < 4.78 is 5.62. The standard InChI is InChI=1S/C21H33N5O/c1-6-26(7-2)19(13-18-11-9-8-10-12-18)14-23-21(22-5)24-15-20-25-16(3)17(4)27-20/h8-12,19H,6-7,13-15H2,1-5H3,(H2,22,23,24). The highest BCUT2D eigenvalue weighted by molar-refractivity contribution is 5.79. The maximum atomic E-state index is 5.62. The van der Waals surface area contributed by atoms with Gasteiger partial charge in [0.15, 0.2) is 5.96 Å². The third-order valence-electron chi connectivity index (χ3n) is 4.85. The lowest BCUT2D eigenvalue weighted by atomic mass is 10.0. The highest BCUT2D eigenvalue weighted by atomic mass is 16.4. The zero-order chi connectivity index (χ0) is 19.6. The van der Waals surface area contributed by atoms with Crippen molar-refractivity contribution in [2.45, 2.75) is 46.7 Å². The molecule has 0 aliphatic heterocycles. The quantitative estimate of drug-likeness (QED) is 0.524. The lowest BCUT2D eigenvalue weighted by molar-refractivity contribution is 0.215. The van der Waals surface area contributed by atoms with Gasteiger partial charge in [-0.1, -0.05) is 44.2 Å². The zero-order valence-electron chi connectivity index (χ0n) is 17.2. The maximum absolute atomic E-state index is 5.62. The minimum Gasteiger partial charge on any atom is -0.444 e. The molecule has 6 heteroatoms. The van der Waals surface area contributed by atoms with Crippen LogP contribution in [0.15, 0.2) is 39.7 Å². The van der Waals surface area contributed by atoms with Crippen LogP contribution in [-0.4, -0.2) is 48.6 Å². The Labute approximate surface area is 163 Å². The largest absolute Gasteiger partial charge is 0.444 e. The van der Waals surface area contributed by atoms with Gasteiger partial charge in [-0.2, -0.15) is 0 Å². The number of nitrogens with zero attached hydrogens (tertiary/aromatic N) is 3. The van der Waals surface area contributed by atoms with Gasteiger partial charge in [0, 0.05) is 19.6 Å². The predicted octanol–water partition coefficient (Wildman–Crippen LogP) is 2.91. The maximum Gasteiger partial charge on any atom is 0.214 e. The van der Waals surface area contributed by atoms with E-state index in [2.05, 4.69) is 69.7 Å². The van der Waals surface area contributed by atoms with Crippen LogP contribution in [-0.2, 0) is 13.0 Å². The van der Waals surface area contributed by atoms with Crippen molar-refractivity contribution in [2.24, 2.45) is 4.99 Å². The number of aromatic nitrogens is 1. The Hall–Kier alpha value is -2.34. The molecule has 0 fully saturated rings. The number of nitrogens with one attached hydrogen (secondary N) is 2. The highest BCUT2D eigenvalue weighted by Gasteiger charge is 2.17. The summed E-state index contributed by atoms with van der Waals surface area (Å²) >= 11 is 0. The summed E-state index contributed by atoms with van der Waals surface area (Å²) in [6.07, 6.45) is 1.00. The second kappa shape index (κ2) is 10.7. The van der Waals surface area contributed by atoms with Gasteiger partial charge < -0.3 is 15.1 Å². The first-order chi connectivity index (χ1) is 13.1. The van der Waals surface area contributed by atoms with E-state index in [0.717, 1.165) is 43.5 Å². The van der Waals surface area contributed by atoms with Crippen molar-refractivity contribution >= 4 is 5.96 Å². The van der Waals surface area contributed by atoms with E-state index in [0.29, 0.717) is 18.5 Å². The number of hydrogen-bond acceptors (Lipinski definition) is 4. The molecule has 2 N–H and O–H groups in total. The van der Waals surface area contributed by atoms with Crippen LogP contribution in [0.1, 0.15) is 36.8 Å². The van der Waals surface area contributed by atoms with E-state index in [9.17, 15) is 0 Å². The Bertz CT molecular complexity index is 687. The number of rotatable bonds is 9. The van der Waals surface area contributed by atoms with Crippen molar-refractivity contribution in [1.82, 2.24) is 20.5 Å². The fourth-order valence-corrected chi connectivity index (χ4v) is 3.17. The van der Waals surface area contributed by atoms with Crippen molar-refractivity contribution in [2.75, 3.05) is 26.7 Å². The number of aryl methyl sites for hydroxylation is 2. The molecule has 0 saturated heterocycles. The molecule has 0 bridgehead atoms. The number of likely N-dealkylation sites (N-methyl/N-ethyl adjacent to an activating group) is 1. The molecule has 1 aromatic carbocycles. The van der Waals surface area contributed by atoms with Gasteiger partial charge in [0.2, 0.25) is 5.89 Å². The molecule has 0 saturated carbocycles. The Morgan fingerprint density at radius 1 is 1.15 bits per heavy atom. The van der Waals surface area contributed by atoms with Crippen molar-refractivity contribution in [1.29, 1.82) is 0 Å². The molecular weight excluding hydrogens is 338 g/mol. The van der Waals surface area contributed by atoms with Crippen molar-refractivity contribution in [3.05, 3.63) is 53.2 Å². The van der Waals surface area contributed by atoms with Gasteiger partial charge >= 0.3 is 0 Å². The first-order valence-electron chi connectivity index (χ1n) is 9.72. The van der Waals surface area contributed by atoms with Gasteiger partial charge in [-0.25, -0.2) is 4.98 Å². The van der Waals surface area contributed by atoms with Crippen LogP contribution in [0.5, 0.6) is 0 Å². The van der Waals surface area contributed by atoms with Crippen LogP contribution >= 0.6 is 0 Å². The molecule has 1 aromatic heterocycles. The lowest BCUT2D eigenvalue weighted by Gasteiger charge is -2.30. The number of benzene rings is 1. The van der Waals surface area contributed by atoms with E-state index < -0.39 is 0 Å². The van der Waals surface area contributed by atoms with Gasteiger partial charge in [0.05, 0.1) is 12.2 Å². The topological polar surface area (TPSA) is 65.7 Å². The second-order valence-electron chi connectivity index (χ2n) is 6.62. The fourth-order valence-electron chi connectivity index (χ4n) is 3.17. The van der Waals surface area contributed by atoms with Gasteiger partial charge in [-0.15, -0.1) is 0 Å². The summed E-state index contributed by atoms with van der Waals surface area (Å²) in [7, 11) is 1.78. The van der Waals surface area contributed by atoms with E-state index in [1.165, 1.54) is 5.56 Å². The van der Waals surface area contributed by atoms with E-state index in [1.807, 2.05) is 13.8 Å². The van der Waals surface area contributed by atoms with Crippen LogP contribution < -0.4 is 10.6 Å². The van der Waals surface area contributed by atoms with E-state index >= 15 is 0 Å². The molecule has 0 aliphatic carbocycles. The molecule has 0 aliphatic rings. The van der Waals surface area contributed by atoms with E-state index in [4.69, 9.17) is 4.42 Å². The summed E-state index contributed by atoms with van der Waals surface area (Å²) in [5, 5.41) is 6.74. The second-order valence-corrected chi connectivity index (χ2v) is 6.62. The summed E-state index contributed by atoms with van der Waals surface area (Å²) in [5.41, 5.74) is 2.28. The van der Waals surface area contributed by atoms with Crippen LogP contribution in [0.25, 0.3) is 0 Å². The first kappa shape index (κ1) is 21.0. The molecule has 2 rings (SSSR count). The molecule has 27 heavy (non-hydrogen) atoms. The molecule has 2 aromatic rings. The van der Waals surface area contributed by atoms with Gasteiger partial charge in [-0.05, 0) is 38.9 Å². The molecular formula is C21H33N5O. The zero-order valence-corrected chi connectivity index (χ0v) is 17.2. The third kappa shape index (κ3) is 6.40. The average molecular weight is 372 g/mol. The first-order valence-corrected chi connectivity index (χ1v) is 9.72. The predicted molar refractivity (Wildman–Crippen MR) is 111 cm³/mol. The number of guanidine groups is 1. The molecule has 6 nitrogen and oxygen atoms in total. The number of aliphatic imine (C=N–C) groups is 1. The van der Waals surface area contributed by atoms with Crippen LogP contribution in [0, 0.1) is 13.8 Å². The smallest absolute Gasteiger partial charge is 0.214 e. The van der Waals surface area contributed by atoms with E-state index in [-0.39, 0.29) is 0 Å². The molecule has 1 atom stereocenters. The number of oxazole rings is 1. The fraction of sp³-hybridized carbons (Fsp3) is 0.524. The Morgan fingerprint density at radius 2 is 1.85 bits per heavy atom. The minimum atomic E-state index is 0.396. The van der Waals surface area contributed by atoms with Crippen molar-refractivity contribution < 1.29 is 4.42 Å². The molecule has 1 unspecified atom stereocenters. The lowest BCUT2D eigenvalue weighted by Crippen LogP contribution is -2.48. The van der Waals surface area contributed by atoms with Crippen LogP contribution in [0.2, 0.25) is 0 Å². The SMILES string of the molecule is CCN(CC)C(CNC(=NC)NCc1nc(C)c(C)o1)Cc1ccccc1. The summed E-state index contributed by atoms with van der Waals surface area (Å²) in [6, 6.07) is 11.0. The summed E-state index contributed by atoms with van der Waals surface area (Å²) in [5.74, 6) is 2.30. The Kier molecular flexibility index (Phi) is 8.33. The average Bonchev–Trinajstić information content (AvgIpc) is 3.01. The van der Waals surface area contributed by atoms with Crippen LogP contribution in [0.4, 0.5) is 0 Å². The molecule has 1 heterocycles. The molecule has 0 radical (unpaired) electrons. The van der Waals surface area contributed by atoms with Gasteiger partial charge in [0.1, 0.15) is 5.76 Å². The van der Waals surface area contributed by atoms with Gasteiger partial charge in [0.25, 0.3) is 0 Å². The summed E-state index contributed by atoms with van der Waals surface area (Å²) in [6.45, 7) is 11.7. The minimum absolute atomic E-state index is 0.396.